The van der Waals surface area contributed by atoms with E-state index in [1.54, 1.807) is 13.4 Å². The number of hydrogen-bond acceptors (Lipinski definition) is 4. The number of nitrogens with zero attached hydrogens (tertiary/aromatic N) is 4. The maximum Gasteiger partial charge on any atom is 0.245 e. The highest BCUT2D eigenvalue weighted by molar-refractivity contribution is 6.20. The van der Waals surface area contributed by atoms with Crippen LogP contribution in [-0.4, -0.2) is 26.6 Å². The van der Waals surface area contributed by atoms with Crippen LogP contribution in [0.3, 0.4) is 0 Å². The van der Waals surface area contributed by atoms with E-state index in [4.69, 9.17) is 21.3 Å². The van der Waals surface area contributed by atoms with E-state index >= 15 is 0 Å². The molecule has 5 nitrogen and oxygen atoms in total. The fourth-order valence-electron chi connectivity index (χ4n) is 4.19. The lowest BCUT2D eigenvalue weighted by Gasteiger charge is -2.25. The van der Waals surface area contributed by atoms with Crippen molar-refractivity contribution in [3.63, 3.8) is 0 Å². The normalized spacial score (nSPS) is 29.2. The molecular formula is C15H19ClN4O. The first-order chi connectivity index (χ1) is 10.2. The van der Waals surface area contributed by atoms with E-state index in [1.165, 1.54) is 25.7 Å². The fourth-order valence-corrected chi connectivity index (χ4v) is 4.34. The number of ether oxygens (including phenoxy) is 1. The first kappa shape index (κ1) is 13.3. The van der Waals surface area contributed by atoms with Crippen LogP contribution < -0.4 is 4.74 Å². The predicted molar refractivity (Wildman–Crippen MR) is 80.6 cm³/mol. The standard InChI is InChI=1S/C15H19ClN4O/c1-8(16)13-19-12-14(17-7-18-15(12)21-2)20(13)11-6-9-3-4-10(11)5-9/h7-11H,3-6H2,1-2H3. The number of alkyl halides is 1. The van der Waals surface area contributed by atoms with Crippen molar-refractivity contribution in [2.75, 3.05) is 7.11 Å². The Morgan fingerprint density at radius 1 is 1.33 bits per heavy atom. The molecule has 0 radical (unpaired) electrons. The Hall–Kier alpha value is -1.36. The minimum atomic E-state index is -0.150. The van der Waals surface area contributed by atoms with E-state index in [2.05, 4.69) is 14.5 Å². The van der Waals surface area contributed by atoms with Gasteiger partial charge in [-0.05, 0) is 38.0 Å². The Bertz CT molecular complexity index is 684. The molecule has 2 saturated carbocycles. The average Bonchev–Trinajstić information content (AvgIpc) is 3.18. The second-order valence-electron chi connectivity index (χ2n) is 6.25. The largest absolute Gasteiger partial charge is 0.479 e. The Balaban J connectivity index is 1.91. The van der Waals surface area contributed by atoms with Crippen LogP contribution in [-0.2, 0) is 0 Å². The summed E-state index contributed by atoms with van der Waals surface area (Å²) in [4.78, 5) is 13.3. The molecule has 2 aromatic heterocycles. The molecule has 4 atom stereocenters. The fraction of sp³-hybridized carbons (Fsp3) is 0.667. The van der Waals surface area contributed by atoms with Crippen LogP contribution in [0.2, 0.25) is 0 Å². The molecule has 2 fully saturated rings. The lowest BCUT2D eigenvalue weighted by Crippen LogP contribution is -2.19. The Labute approximate surface area is 128 Å². The minimum absolute atomic E-state index is 0.150. The molecule has 112 valence electrons. The van der Waals surface area contributed by atoms with Crippen molar-refractivity contribution in [3.8, 4) is 5.88 Å². The van der Waals surface area contributed by atoms with Gasteiger partial charge in [-0.25, -0.2) is 9.97 Å². The zero-order valence-corrected chi connectivity index (χ0v) is 13.0. The molecular weight excluding hydrogens is 288 g/mol. The van der Waals surface area contributed by atoms with E-state index in [0.717, 1.165) is 28.8 Å². The van der Waals surface area contributed by atoms with Gasteiger partial charge in [0.1, 0.15) is 12.2 Å². The lowest BCUT2D eigenvalue weighted by molar-refractivity contribution is 0.328. The molecule has 21 heavy (non-hydrogen) atoms. The third-order valence-electron chi connectivity index (χ3n) is 5.05. The van der Waals surface area contributed by atoms with Gasteiger partial charge in [0.2, 0.25) is 5.88 Å². The summed E-state index contributed by atoms with van der Waals surface area (Å²) in [7, 11) is 1.61. The predicted octanol–water partition coefficient (Wildman–Crippen LogP) is 3.50. The van der Waals surface area contributed by atoms with Gasteiger partial charge in [-0.1, -0.05) is 6.42 Å². The molecule has 2 bridgehead atoms. The molecule has 4 unspecified atom stereocenters. The van der Waals surface area contributed by atoms with E-state index < -0.39 is 0 Å². The summed E-state index contributed by atoms with van der Waals surface area (Å²) in [6, 6.07) is 0.476. The number of halogens is 1. The molecule has 0 N–H and O–H groups in total. The summed E-state index contributed by atoms with van der Waals surface area (Å²) in [5.74, 6) is 3.02. The van der Waals surface area contributed by atoms with Crippen LogP contribution in [0.4, 0.5) is 0 Å². The first-order valence-electron chi connectivity index (χ1n) is 7.60. The van der Waals surface area contributed by atoms with Gasteiger partial charge in [0.05, 0.1) is 12.5 Å². The maximum atomic E-state index is 6.38. The first-order valence-corrected chi connectivity index (χ1v) is 8.03. The molecule has 4 rings (SSSR count). The highest BCUT2D eigenvalue weighted by Gasteiger charge is 2.42. The third-order valence-corrected chi connectivity index (χ3v) is 5.25. The van der Waals surface area contributed by atoms with Gasteiger partial charge < -0.3 is 9.30 Å². The van der Waals surface area contributed by atoms with Gasteiger partial charge >= 0.3 is 0 Å². The Kier molecular flexibility index (Phi) is 3.06. The van der Waals surface area contributed by atoms with E-state index in [9.17, 15) is 0 Å². The minimum Gasteiger partial charge on any atom is -0.479 e. The molecule has 0 spiro atoms. The number of fused-ring (bicyclic) bond motifs is 3. The van der Waals surface area contributed by atoms with Gasteiger partial charge in [-0.15, -0.1) is 11.6 Å². The molecule has 0 aliphatic heterocycles. The van der Waals surface area contributed by atoms with Crippen molar-refractivity contribution in [2.45, 2.75) is 44.0 Å². The molecule has 2 aliphatic rings. The lowest BCUT2D eigenvalue weighted by atomic mass is 9.95. The van der Waals surface area contributed by atoms with E-state index in [-0.39, 0.29) is 5.38 Å². The number of rotatable bonds is 3. The average molecular weight is 307 g/mol. The number of aromatic nitrogens is 4. The molecule has 0 saturated heterocycles. The van der Waals surface area contributed by atoms with Crippen molar-refractivity contribution >= 4 is 22.8 Å². The van der Waals surface area contributed by atoms with Crippen LogP contribution in [0, 0.1) is 11.8 Å². The molecule has 2 heterocycles. The Morgan fingerprint density at radius 2 is 2.19 bits per heavy atom. The smallest absolute Gasteiger partial charge is 0.245 e. The van der Waals surface area contributed by atoms with Crippen LogP contribution in [0.15, 0.2) is 6.33 Å². The molecule has 6 heteroatoms. The summed E-state index contributed by atoms with van der Waals surface area (Å²) in [5, 5.41) is -0.150. The van der Waals surface area contributed by atoms with Crippen LogP contribution in [0.1, 0.15) is 49.9 Å². The van der Waals surface area contributed by atoms with Gasteiger partial charge in [-0.3, -0.25) is 0 Å². The third kappa shape index (κ3) is 1.94. The summed E-state index contributed by atoms with van der Waals surface area (Å²) in [6.07, 6.45) is 6.79. The second-order valence-corrected chi connectivity index (χ2v) is 6.91. The highest BCUT2D eigenvalue weighted by Crippen LogP contribution is 2.52. The molecule has 2 aromatic rings. The monoisotopic (exact) mass is 306 g/mol. The SMILES string of the molecule is COc1ncnc2c1nc(C(C)Cl)n2C1CC2CCC1C2. The quantitative estimate of drug-likeness (QED) is 0.814. The second kappa shape index (κ2) is 4.83. The van der Waals surface area contributed by atoms with Crippen molar-refractivity contribution in [2.24, 2.45) is 11.8 Å². The zero-order valence-electron chi connectivity index (χ0n) is 12.3. The highest BCUT2D eigenvalue weighted by atomic mass is 35.5. The van der Waals surface area contributed by atoms with Crippen molar-refractivity contribution in [1.29, 1.82) is 0 Å². The summed E-state index contributed by atoms with van der Waals surface area (Å²) < 4.78 is 7.60. The van der Waals surface area contributed by atoms with Gasteiger partial charge in [-0.2, -0.15) is 4.98 Å². The van der Waals surface area contributed by atoms with Crippen molar-refractivity contribution < 1.29 is 4.74 Å². The van der Waals surface area contributed by atoms with Crippen LogP contribution in [0.5, 0.6) is 5.88 Å². The number of hydrogen-bond donors (Lipinski definition) is 0. The van der Waals surface area contributed by atoms with E-state index in [1.807, 2.05) is 6.92 Å². The van der Waals surface area contributed by atoms with E-state index in [0.29, 0.717) is 11.9 Å². The van der Waals surface area contributed by atoms with Crippen LogP contribution >= 0.6 is 11.6 Å². The topological polar surface area (TPSA) is 52.8 Å². The molecule has 0 aromatic carbocycles. The van der Waals surface area contributed by atoms with Gasteiger partial charge in [0, 0.05) is 6.04 Å². The number of imidazole rings is 1. The van der Waals surface area contributed by atoms with Gasteiger partial charge in [0.15, 0.2) is 11.2 Å². The van der Waals surface area contributed by atoms with Crippen molar-refractivity contribution in [1.82, 2.24) is 19.5 Å². The summed E-state index contributed by atoms with van der Waals surface area (Å²) >= 11 is 6.38. The summed E-state index contributed by atoms with van der Waals surface area (Å²) in [5.41, 5.74) is 1.59. The Morgan fingerprint density at radius 3 is 2.81 bits per heavy atom. The van der Waals surface area contributed by atoms with Gasteiger partial charge in [0.25, 0.3) is 0 Å². The summed E-state index contributed by atoms with van der Waals surface area (Å²) in [6.45, 7) is 1.96. The van der Waals surface area contributed by atoms with Crippen molar-refractivity contribution in [3.05, 3.63) is 12.2 Å². The molecule has 0 amide bonds. The zero-order chi connectivity index (χ0) is 14.6. The number of methoxy groups -OCH3 is 1. The van der Waals surface area contributed by atoms with Crippen LogP contribution in [0.25, 0.3) is 11.2 Å². The molecule has 2 aliphatic carbocycles. The maximum absolute atomic E-state index is 6.38.